The van der Waals surface area contributed by atoms with Gasteiger partial charge in [0.15, 0.2) is 5.82 Å². The third-order valence-corrected chi connectivity index (χ3v) is 6.54. The molecular formula is C25H34FN5O. The average molecular weight is 440 g/mol. The Hall–Kier alpha value is -2.96. The predicted molar refractivity (Wildman–Crippen MR) is 127 cm³/mol. The summed E-state index contributed by atoms with van der Waals surface area (Å²) in [5.41, 5.74) is 1.76. The monoisotopic (exact) mass is 439 g/mol. The molecule has 5 rings (SSSR count). The molecule has 0 radical (unpaired) electrons. The molecule has 2 aliphatic rings. The van der Waals surface area contributed by atoms with Crippen molar-refractivity contribution in [3.63, 3.8) is 0 Å². The molecule has 1 aliphatic heterocycles. The Balaban J connectivity index is 0.000000994. The molecule has 32 heavy (non-hydrogen) atoms. The number of imidazole rings is 1. The molecular weight excluding hydrogens is 405 g/mol. The van der Waals surface area contributed by atoms with E-state index in [1.165, 1.54) is 11.8 Å². The maximum atomic E-state index is 13.3. The molecule has 1 saturated carbocycles. The Morgan fingerprint density at radius 3 is 2.69 bits per heavy atom. The highest BCUT2D eigenvalue weighted by Crippen LogP contribution is 2.47. The van der Waals surface area contributed by atoms with E-state index >= 15 is 0 Å². The molecule has 4 heterocycles. The van der Waals surface area contributed by atoms with Crippen LogP contribution in [0, 0.1) is 11.7 Å². The Labute approximate surface area is 190 Å². The Bertz CT molecular complexity index is 1150. The standard InChI is InChI=1S/C23H26FN5O.C2H6.H2/c1-15(2)21-26-13-19-23(27-18-4-3-10-25-22(18)29(19)21)8-5-16(6-9-23)14-28-11-7-17(24)12-20(28)30;1-2;/h3-4,7,10-13,15-16,27H,5-6,8-9,14H2,1-2H3;1-2H3;1H. The fourth-order valence-electron chi connectivity index (χ4n) is 4.97. The SMILES string of the molecule is CC.CC(C)c1ncc2n1-c1ncccc1NC21CCC(Cn2ccc(F)cc2=O)CC1.[HH]. The summed E-state index contributed by atoms with van der Waals surface area (Å²) in [6.45, 7) is 8.94. The summed E-state index contributed by atoms with van der Waals surface area (Å²) in [6, 6.07) is 6.46. The van der Waals surface area contributed by atoms with Gasteiger partial charge in [-0.1, -0.05) is 27.7 Å². The van der Waals surface area contributed by atoms with Crippen LogP contribution in [-0.4, -0.2) is 19.1 Å². The highest BCUT2D eigenvalue weighted by Gasteiger charge is 2.43. The smallest absolute Gasteiger partial charge is 0.253 e. The second-order valence-electron chi connectivity index (χ2n) is 8.85. The average Bonchev–Trinajstić information content (AvgIpc) is 3.26. The maximum absolute atomic E-state index is 13.3. The molecule has 1 fully saturated rings. The highest BCUT2D eigenvalue weighted by atomic mass is 19.1. The van der Waals surface area contributed by atoms with Gasteiger partial charge >= 0.3 is 0 Å². The maximum Gasteiger partial charge on any atom is 0.253 e. The fourth-order valence-corrected chi connectivity index (χ4v) is 4.97. The zero-order chi connectivity index (χ0) is 22.9. The van der Waals surface area contributed by atoms with E-state index in [-0.39, 0.29) is 12.5 Å². The lowest BCUT2D eigenvalue weighted by molar-refractivity contribution is 0.225. The van der Waals surface area contributed by atoms with Crippen LogP contribution >= 0.6 is 0 Å². The van der Waals surface area contributed by atoms with E-state index in [4.69, 9.17) is 4.98 Å². The van der Waals surface area contributed by atoms with Crippen molar-refractivity contribution in [3.8, 4) is 5.82 Å². The van der Waals surface area contributed by atoms with Gasteiger partial charge in [-0.3, -0.25) is 9.36 Å². The number of nitrogens with zero attached hydrogens (tertiary/aromatic N) is 4. The number of fused-ring (bicyclic) bond motifs is 4. The molecule has 0 atom stereocenters. The number of nitrogens with one attached hydrogen (secondary N) is 1. The van der Waals surface area contributed by atoms with Gasteiger partial charge in [0.1, 0.15) is 11.6 Å². The molecule has 0 unspecified atom stereocenters. The lowest BCUT2D eigenvalue weighted by atomic mass is 9.73. The minimum Gasteiger partial charge on any atom is -0.371 e. The molecule has 1 N–H and O–H groups in total. The van der Waals surface area contributed by atoms with E-state index < -0.39 is 5.82 Å². The van der Waals surface area contributed by atoms with E-state index in [2.05, 4.69) is 34.8 Å². The summed E-state index contributed by atoms with van der Waals surface area (Å²) >= 11 is 0. The molecule has 3 aromatic rings. The molecule has 0 saturated heterocycles. The van der Waals surface area contributed by atoms with Crippen LogP contribution in [-0.2, 0) is 12.1 Å². The molecule has 3 aromatic heterocycles. The summed E-state index contributed by atoms with van der Waals surface area (Å²) in [7, 11) is 0. The quantitative estimate of drug-likeness (QED) is 0.587. The fraction of sp³-hybridized carbons (Fsp3) is 0.480. The van der Waals surface area contributed by atoms with Crippen LogP contribution in [0.15, 0.2) is 47.7 Å². The van der Waals surface area contributed by atoms with Crippen LogP contribution < -0.4 is 10.9 Å². The lowest BCUT2D eigenvalue weighted by Gasteiger charge is -2.45. The summed E-state index contributed by atoms with van der Waals surface area (Å²) in [6.07, 6.45) is 9.25. The Kier molecular flexibility index (Phi) is 6.17. The number of pyridine rings is 2. The van der Waals surface area contributed by atoms with Crippen molar-refractivity contribution >= 4 is 5.69 Å². The third-order valence-electron chi connectivity index (χ3n) is 6.54. The van der Waals surface area contributed by atoms with Crippen LogP contribution in [0.25, 0.3) is 5.82 Å². The first-order chi connectivity index (χ1) is 15.5. The minimum atomic E-state index is -0.480. The van der Waals surface area contributed by atoms with Crippen molar-refractivity contribution < 1.29 is 5.82 Å². The van der Waals surface area contributed by atoms with Gasteiger partial charge in [0.2, 0.25) is 0 Å². The zero-order valence-electron chi connectivity index (χ0n) is 19.3. The second-order valence-corrected chi connectivity index (χ2v) is 8.85. The van der Waals surface area contributed by atoms with E-state index in [0.717, 1.165) is 49.1 Å². The molecule has 7 heteroatoms. The number of hydrogen-bond acceptors (Lipinski definition) is 4. The molecule has 0 bridgehead atoms. The van der Waals surface area contributed by atoms with Gasteiger partial charge in [-0.15, -0.1) is 0 Å². The van der Waals surface area contributed by atoms with Crippen LogP contribution in [0.5, 0.6) is 0 Å². The van der Waals surface area contributed by atoms with Gasteiger partial charge in [-0.05, 0) is 49.8 Å². The van der Waals surface area contributed by atoms with Crippen LogP contribution in [0.2, 0.25) is 0 Å². The van der Waals surface area contributed by atoms with E-state index in [1.54, 1.807) is 10.8 Å². The number of anilines is 1. The van der Waals surface area contributed by atoms with E-state index in [1.807, 2.05) is 32.3 Å². The van der Waals surface area contributed by atoms with E-state index in [0.29, 0.717) is 18.4 Å². The normalized spacial score (nSPS) is 21.4. The number of rotatable bonds is 3. The zero-order valence-corrected chi connectivity index (χ0v) is 19.3. The minimum absolute atomic E-state index is 0. The Morgan fingerprint density at radius 1 is 1.25 bits per heavy atom. The number of hydrogen-bond donors (Lipinski definition) is 1. The molecule has 0 aromatic carbocycles. The largest absolute Gasteiger partial charge is 0.371 e. The highest BCUT2D eigenvalue weighted by molar-refractivity contribution is 5.63. The van der Waals surface area contributed by atoms with Gasteiger partial charge in [0.25, 0.3) is 5.56 Å². The summed E-state index contributed by atoms with van der Waals surface area (Å²) in [5, 5.41) is 3.78. The first kappa shape index (κ1) is 22.2. The summed E-state index contributed by atoms with van der Waals surface area (Å²) in [5.74, 6) is 2.15. The van der Waals surface area contributed by atoms with Crippen molar-refractivity contribution in [1.82, 2.24) is 19.1 Å². The number of aromatic nitrogens is 4. The van der Waals surface area contributed by atoms with Gasteiger partial charge in [0.05, 0.1) is 23.1 Å². The van der Waals surface area contributed by atoms with Crippen molar-refractivity contribution in [3.05, 3.63) is 70.5 Å². The first-order valence-electron chi connectivity index (χ1n) is 11.6. The van der Waals surface area contributed by atoms with Crippen LogP contribution in [0.3, 0.4) is 0 Å². The third kappa shape index (κ3) is 3.85. The second kappa shape index (κ2) is 8.88. The van der Waals surface area contributed by atoms with Crippen LogP contribution in [0.1, 0.15) is 72.2 Å². The van der Waals surface area contributed by atoms with Gasteiger partial charge in [0, 0.05) is 32.3 Å². The first-order valence-corrected chi connectivity index (χ1v) is 11.6. The topological polar surface area (TPSA) is 64.7 Å². The number of halogens is 1. The van der Waals surface area contributed by atoms with Crippen LogP contribution in [0.4, 0.5) is 10.1 Å². The lowest BCUT2D eigenvalue weighted by Crippen LogP contribution is -2.44. The van der Waals surface area contributed by atoms with Crippen molar-refractivity contribution in [2.75, 3.05) is 5.32 Å². The summed E-state index contributed by atoms with van der Waals surface area (Å²) in [4.78, 5) is 21.5. The molecule has 172 valence electrons. The van der Waals surface area contributed by atoms with Crippen molar-refractivity contribution in [1.29, 1.82) is 0 Å². The molecule has 0 amide bonds. The van der Waals surface area contributed by atoms with Crippen molar-refractivity contribution in [2.45, 2.75) is 71.4 Å². The van der Waals surface area contributed by atoms with E-state index in [9.17, 15) is 9.18 Å². The molecule has 6 nitrogen and oxygen atoms in total. The molecule has 1 aliphatic carbocycles. The molecule has 1 spiro atoms. The van der Waals surface area contributed by atoms with Crippen molar-refractivity contribution in [2.24, 2.45) is 5.92 Å². The van der Waals surface area contributed by atoms with Gasteiger partial charge < -0.3 is 9.88 Å². The van der Waals surface area contributed by atoms with Gasteiger partial charge in [-0.25, -0.2) is 14.4 Å². The predicted octanol–water partition coefficient (Wildman–Crippen LogP) is 5.47. The summed E-state index contributed by atoms with van der Waals surface area (Å²) < 4.78 is 17.1. The Morgan fingerprint density at radius 2 is 2.00 bits per heavy atom. The van der Waals surface area contributed by atoms with Gasteiger partial charge in [-0.2, -0.15) is 0 Å².